The Morgan fingerprint density at radius 3 is 2.68 bits per heavy atom. The van der Waals surface area contributed by atoms with Crippen molar-refractivity contribution in [2.24, 2.45) is 0 Å². The minimum atomic E-state index is -0.748. The molecule has 0 bridgehead atoms. The van der Waals surface area contributed by atoms with Crippen molar-refractivity contribution in [3.63, 3.8) is 0 Å². The van der Waals surface area contributed by atoms with E-state index in [-0.39, 0.29) is 12.4 Å². The molecule has 4 rings (SSSR count). The summed E-state index contributed by atoms with van der Waals surface area (Å²) in [6, 6.07) is 18.4. The molecule has 2 aromatic heterocycles. The summed E-state index contributed by atoms with van der Waals surface area (Å²) in [6.07, 6.45) is 0.792. The minimum absolute atomic E-state index is 0.0149. The maximum atomic E-state index is 13.6. The van der Waals surface area contributed by atoms with Gasteiger partial charge in [-0.3, -0.25) is 0 Å². The van der Waals surface area contributed by atoms with E-state index in [1.165, 1.54) is 24.2 Å². The molecule has 4 aromatic rings. The molecule has 0 unspecified atom stereocenters. The standard InChI is InChI=1S/C21H17FN2O2S2/c22-17-8-4-5-9-18(17)26-11-15(25)12-27-20-16-10-19(14-6-2-1-3-7-14)28-21(16)24-13-23-20/h1-10,13,15,25H,11-12H2/t15-/m0/s1. The van der Waals surface area contributed by atoms with Crippen LogP contribution in [0.4, 0.5) is 4.39 Å². The van der Waals surface area contributed by atoms with E-state index < -0.39 is 11.9 Å². The highest BCUT2D eigenvalue weighted by molar-refractivity contribution is 7.99. The van der Waals surface area contributed by atoms with Gasteiger partial charge in [-0.1, -0.05) is 42.5 Å². The molecule has 0 aliphatic carbocycles. The van der Waals surface area contributed by atoms with E-state index >= 15 is 0 Å². The SMILES string of the molecule is O[C@@H](COc1ccccc1F)CSc1ncnc2sc(-c3ccccc3)cc12. The van der Waals surface area contributed by atoms with Gasteiger partial charge in [0.25, 0.3) is 0 Å². The Bertz CT molecular complexity index is 1070. The number of aliphatic hydroxyl groups is 1. The largest absolute Gasteiger partial charge is 0.488 e. The second-order valence-corrected chi connectivity index (χ2v) is 8.12. The Morgan fingerprint density at radius 2 is 1.86 bits per heavy atom. The zero-order chi connectivity index (χ0) is 19.3. The van der Waals surface area contributed by atoms with Crippen LogP contribution in [0.1, 0.15) is 0 Å². The third-order valence-corrected chi connectivity index (χ3v) is 6.27. The van der Waals surface area contributed by atoms with Crippen molar-refractivity contribution >= 4 is 33.3 Å². The first-order chi connectivity index (χ1) is 13.7. The maximum Gasteiger partial charge on any atom is 0.165 e. The van der Waals surface area contributed by atoms with Crippen molar-refractivity contribution in [1.82, 2.24) is 9.97 Å². The molecule has 0 amide bonds. The van der Waals surface area contributed by atoms with Gasteiger partial charge >= 0.3 is 0 Å². The lowest BCUT2D eigenvalue weighted by Gasteiger charge is -2.12. The zero-order valence-corrected chi connectivity index (χ0v) is 16.4. The van der Waals surface area contributed by atoms with E-state index in [0.717, 1.165) is 25.7 Å². The molecule has 0 aliphatic heterocycles. The zero-order valence-electron chi connectivity index (χ0n) is 14.8. The summed E-state index contributed by atoms with van der Waals surface area (Å²) in [5.74, 6) is 0.0877. The van der Waals surface area contributed by atoms with Crippen LogP contribution in [0.5, 0.6) is 5.75 Å². The van der Waals surface area contributed by atoms with Gasteiger partial charge < -0.3 is 9.84 Å². The highest BCUT2D eigenvalue weighted by Crippen LogP contribution is 2.36. The first-order valence-corrected chi connectivity index (χ1v) is 10.5. The molecule has 0 aliphatic rings. The fourth-order valence-corrected chi connectivity index (χ4v) is 4.61. The number of aromatic nitrogens is 2. The minimum Gasteiger partial charge on any atom is -0.488 e. The summed E-state index contributed by atoms with van der Waals surface area (Å²) in [4.78, 5) is 10.8. The highest BCUT2D eigenvalue weighted by atomic mass is 32.2. The quantitative estimate of drug-likeness (QED) is 0.341. The number of hydrogen-bond donors (Lipinski definition) is 1. The van der Waals surface area contributed by atoms with E-state index in [1.54, 1.807) is 29.5 Å². The van der Waals surface area contributed by atoms with Crippen LogP contribution in [0.3, 0.4) is 0 Å². The average Bonchev–Trinajstić information content (AvgIpc) is 3.17. The Hall–Kier alpha value is -2.48. The van der Waals surface area contributed by atoms with E-state index in [1.807, 2.05) is 18.2 Å². The fourth-order valence-electron chi connectivity index (χ4n) is 2.66. The predicted octanol–water partition coefficient (Wildman–Crippen LogP) is 5.03. The number of hydrogen-bond acceptors (Lipinski definition) is 6. The van der Waals surface area contributed by atoms with Crippen LogP contribution >= 0.6 is 23.1 Å². The summed E-state index contributed by atoms with van der Waals surface area (Å²) < 4.78 is 18.9. The monoisotopic (exact) mass is 412 g/mol. The number of fused-ring (bicyclic) bond motifs is 1. The van der Waals surface area contributed by atoms with Crippen molar-refractivity contribution in [3.05, 3.63) is 72.8 Å². The van der Waals surface area contributed by atoms with E-state index in [0.29, 0.717) is 5.75 Å². The van der Waals surface area contributed by atoms with Crippen molar-refractivity contribution in [2.75, 3.05) is 12.4 Å². The van der Waals surface area contributed by atoms with Crippen LogP contribution in [-0.4, -0.2) is 33.5 Å². The fraction of sp³-hybridized carbons (Fsp3) is 0.143. The number of para-hydroxylation sites is 1. The molecule has 4 nitrogen and oxygen atoms in total. The van der Waals surface area contributed by atoms with Crippen LogP contribution in [0.2, 0.25) is 0 Å². The number of aliphatic hydroxyl groups excluding tert-OH is 1. The molecular weight excluding hydrogens is 395 g/mol. The molecule has 0 saturated carbocycles. The Kier molecular flexibility index (Phi) is 5.85. The lowest BCUT2D eigenvalue weighted by molar-refractivity contribution is 0.123. The molecule has 0 fully saturated rings. The molecular formula is C21H17FN2O2S2. The summed E-state index contributed by atoms with van der Waals surface area (Å²) in [5.41, 5.74) is 1.14. The van der Waals surface area contributed by atoms with Crippen molar-refractivity contribution in [3.8, 4) is 16.2 Å². The lowest BCUT2D eigenvalue weighted by Crippen LogP contribution is -2.20. The second kappa shape index (κ2) is 8.68. The molecule has 1 N–H and O–H groups in total. The molecule has 142 valence electrons. The molecule has 0 saturated heterocycles. The molecule has 1 atom stereocenters. The Labute approximate surface area is 170 Å². The molecule has 7 heteroatoms. The third-order valence-electron chi connectivity index (χ3n) is 4.03. The van der Waals surface area contributed by atoms with Crippen molar-refractivity contribution in [2.45, 2.75) is 11.1 Å². The van der Waals surface area contributed by atoms with Gasteiger partial charge in [0.1, 0.15) is 22.8 Å². The van der Waals surface area contributed by atoms with Crippen molar-refractivity contribution in [1.29, 1.82) is 0 Å². The van der Waals surface area contributed by atoms with Gasteiger partial charge in [0, 0.05) is 16.0 Å². The van der Waals surface area contributed by atoms with Gasteiger partial charge in [0.05, 0.1) is 6.10 Å². The molecule has 0 radical (unpaired) electrons. The number of rotatable bonds is 7. The third kappa shape index (κ3) is 4.32. The number of thioether (sulfide) groups is 1. The predicted molar refractivity (Wildman–Crippen MR) is 111 cm³/mol. The van der Waals surface area contributed by atoms with Crippen LogP contribution in [0.25, 0.3) is 20.7 Å². The number of benzene rings is 2. The molecule has 2 aromatic carbocycles. The van der Waals surface area contributed by atoms with Gasteiger partial charge in [0.2, 0.25) is 0 Å². The summed E-state index contributed by atoms with van der Waals surface area (Å²) >= 11 is 3.05. The summed E-state index contributed by atoms with van der Waals surface area (Å²) in [6.45, 7) is 0.0149. The topological polar surface area (TPSA) is 55.2 Å². The average molecular weight is 413 g/mol. The van der Waals surface area contributed by atoms with Crippen LogP contribution < -0.4 is 4.74 Å². The highest BCUT2D eigenvalue weighted by Gasteiger charge is 2.13. The van der Waals surface area contributed by atoms with Crippen molar-refractivity contribution < 1.29 is 14.2 Å². The van der Waals surface area contributed by atoms with Gasteiger partial charge in [-0.25, -0.2) is 14.4 Å². The second-order valence-electron chi connectivity index (χ2n) is 6.08. The number of halogens is 1. The first-order valence-electron chi connectivity index (χ1n) is 8.69. The van der Waals surface area contributed by atoms with E-state index in [2.05, 4.69) is 28.2 Å². The molecule has 0 spiro atoms. The first kappa shape index (κ1) is 18.9. The smallest absolute Gasteiger partial charge is 0.165 e. The summed E-state index contributed by atoms with van der Waals surface area (Å²) in [7, 11) is 0. The number of ether oxygens (including phenoxy) is 1. The lowest BCUT2D eigenvalue weighted by atomic mass is 10.2. The Balaban J connectivity index is 1.43. The normalized spacial score (nSPS) is 12.2. The number of thiophene rings is 1. The van der Waals surface area contributed by atoms with E-state index in [9.17, 15) is 9.50 Å². The van der Waals surface area contributed by atoms with E-state index in [4.69, 9.17) is 4.74 Å². The van der Waals surface area contributed by atoms with Gasteiger partial charge in [-0.2, -0.15) is 0 Å². The summed E-state index contributed by atoms with van der Waals surface area (Å²) in [5, 5.41) is 12.0. The van der Waals surface area contributed by atoms with Crippen LogP contribution in [0.15, 0.2) is 72.0 Å². The molecule has 2 heterocycles. The van der Waals surface area contributed by atoms with Gasteiger partial charge in [-0.05, 0) is 23.8 Å². The van der Waals surface area contributed by atoms with Gasteiger partial charge in [-0.15, -0.1) is 23.1 Å². The number of nitrogens with zero attached hydrogens (tertiary/aromatic N) is 2. The maximum absolute atomic E-state index is 13.6. The molecule has 28 heavy (non-hydrogen) atoms. The van der Waals surface area contributed by atoms with Gasteiger partial charge in [0.15, 0.2) is 11.6 Å². The van der Waals surface area contributed by atoms with Crippen LogP contribution in [0, 0.1) is 5.82 Å². The van der Waals surface area contributed by atoms with Crippen LogP contribution in [-0.2, 0) is 0 Å². The Morgan fingerprint density at radius 1 is 1.07 bits per heavy atom.